The maximum atomic E-state index is 11.7. The highest BCUT2D eigenvalue weighted by Gasteiger charge is 2.20. The fourth-order valence-electron chi connectivity index (χ4n) is 2.71. The van der Waals surface area contributed by atoms with Crippen molar-refractivity contribution in [1.82, 2.24) is 4.57 Å². The van der Waals surface area contributed by atoms with Crippen LogP contribution in [0.2, 0.25) is 0 Å². The average Bonchev–Trinajstić information content (AvgIpc) is 2.54. The van der Waals surface area contributed by atoms with Crippen LogP contribution in [-0.2, 0) is 0 Å². The molecule has 116 valence electrons. The SMILES string of the molecule is COc1cccc(-n2cc3ccc(=O)cc-3c(C(=O)O)c2C)c1. The molecule has 0 saturated carbocycles. The lowest BCUT2D eigenvalue weighted by Gasteiger charge is -2.19. The van der Waals surface area contributed by atoms with E-state index in [1.54, 1.807) is 24.7 Å². The maximum absolute atomic E-state index is 11.7. The van der Waals surface area contributed by atoms with E-state index in [1.807, 2.05) is 30.5 Å². The lowest BCUT2D eigenvalue weighted by molar-refractivity contribution is 0.0696. The second-order valence-electron chi connectivity index (χ2n) is 5.22. The Morgan fingerprint density at radius 3 is 2.65 bits per heavy atom. The van der Waals surface area contributed by atoms with E-state index in [1.165, 1.54) is 12.1 Å². The topological polar surface area (TPSA) is 68.5 Å². The summed E-state index contributed by atoms with van der Waals surface area (Å²) in [5, 5.41) is 9.59. The summed E-state index contributed by atoms with van der Waals surface area (Å²) in [4.78, 5) is 23.3. The van der Waals surface area contributed by atoms with Gasteiger partial charge >= 0.3 is 5.97 Å². The molecule has 0 fully saturated rings. The van der Waals surface area contributed by atoms with Crippen LogP contribution in [0.1, 0.15) is 16.1 Å². The molecule has 0 unspecified atom stereocenters. The van der Waals surface area contributed by atoms with Crippen LogP contribution in [-0.4, -0.2) is 22.8 Å². The number of benzene rings is 2. The summed E-state index contributed by atoms with van der Waals surface area (Å²) in [5.74, 6) is -0.378. The lowest BCUT2D eigenvalue weighted by Crippen LogP contribution is -2.13. The predicted octanol–water partition coefficient (Wildman–Crippen LogP) is 2.96. The number of carboxylic acid groups (broad SMARTS) is 1. The molecule has 0 bridgehead atoms. The van der Waals surface area contributed by atoms with Crippen LogP contribution >= 0.6 is 0 Å². The number of aromatic carboxylic acids is 1. The van der Waals surface area contributed by atoms with Gasteiger partial charge in [0.1, 0.15) is 5.75 Å². The van der Waals surface area contributed by atoms with Crippen molar-refractivity contribution < 1.29 is 14.6 Å². The first-order chi connectivity index (χ1) is 11.0. The molecule has 1 aromatic carbocycles. The van der Waals surface area contributed by atoms with Gasteiger partial charge in [-0.25, -0.2) is 4.79 Å². The zero-order valence-corrected chi connectivity index (χ0v) is 12.7. The zero-order valence-electron chi connectivity index (χ0n) is 12.7. The van der Waals surface area contributed by atoms with Gasteiger partial charge in [-0.2, -0.15) is 0 Å². The van der Waals surface area contributed by atoms with Crippen molar-refractivity contribution in [3.05, 3.63) is 70.1 Å². The quantitative estimate of drug-likeness (QED) is 0.807. The molecule has 1 aliphatic heterocycles. The van der Waals surface area contributed by atoms with Crippen molar-refractivity contribution in [1.29, 1.82) is 0 Å². The molecular formula is C18H15NO4. The van der Waals surface area contributed by atoms with Crippen molar-refractivity contribution in [3.8, 4) is 22.6 Å². The van der Waals surface area contributed by atoms with Crippen LogP contribution in [0.4, 0.5) is 0 Å². The summed E-state index contributed by atoms with van der Waals surface area (Å²) in [6, 6.07) is 11.8. The van der Waals surface area contributed by atoms with E-state index in [2.05, 4.69) is 0 Å². The fraction of sp³-hybridized carbons (Fsp3) is 0.111. The minimum absolute atomic E-state index is 0.128. The second-order valence-corrected chi connectivity index (χ2v) is 5.22. The number of methoxy groups -OCH3 is 1. The van der Waals surface area contributed by atoms with Crippen LogP contribution in [0.25, 0.3) is 16.8 Å². The van der Waals surface area contributed by atoms with Gasteiger partial charge in [0, 0.05) is 29.2 Å². The molecule has 23 heavy (non-hydrogen) atoms. The number of nitrogens with zero attached hydrogens (tertiary/aromatic N) is 1. The van der Waals surface area contributed by atoms with Crippen molar-refractivity contribution in [3.63, 3.8) is 0 Å². The third-order valence-corrected chi connectivity index (χ3v) is 3.83. The van der Waals surface area contributed by atoms with E-state index in [0.717, 1.165) is 5.69 Å². The molecule has 2 aliphatic rings. The van der Waals surface area contributed by atoms with Crippen molar-refractivity contribution >= 4 is 5.97 Å². The Morgan fingerprint density at radius 1 is 1.17 bits per heavy atom. The Balaban J connectivity index is 2.36. The number of pyridine rings is 1. The maximum Gasteiger partial charge on any atom is 0.338 e. The molecule has 0 spiro atoms. The number of hydrogen-bond donors (Lipinski definition) is 1. The third kappa shape index (κ3) is 2.57. The molecule has 1 aromatic rings. The Hall–Kier alpha value is -3.08. The molecular weight excluding hydrogens is 294 g/mol. The first-order valence-corrected chi connectivity index (χ1v) is 7.05. The van der Waals surface area contributed by atoms with Gasteiger partial charge in [0.15, 0.2) is 5.43 Å². The summed E-state index contributed by atoms with van der Waals surface area (Å²) in [6.07, 6.45) is 1.82. The van der Waals surface area contributed by atoms with Gasteiger partial charge in [0.2, 0.25) is 0 Å². The lowest BCUT2D eigenvalue weighted by atomic mass is 9.97. The number of carboxylic acids is 1. The summed E-state index contributed by atoms with van der Waals surface area (Å²) in [7, 11) is 1.58. The van der Waals surface area contributed by atoms with Crippen LogP contribution in [0.5, 0.6) is 5.75 Å². The second kappa shape index (κ2) is 5.61. The number of ether oxygens (including phenoxy) is 1. The Kier molecular flexibility index (Phi) is 3.62. The average molecular weight is 309 g/mol. The fourth-order valence-corrected chi connectivity index (χ4v) is 2.71. The zero-order chi connectivity index (χ0) is 16.6. The summed E-state index contributed by atoms with van der Waals surface area (Å²) < 4.78 is 7.02. The minimum Gasteiger partial charge on any atom is -0.497 e. The smallest absolute Gasteiger partial charge is 0.338 e. The monoisotopic (exact) mass is 309 g/mol. The van der Waals surface area contributed by atoms with Crippen LogP contribution < -0.4 is 10.2 Å². The van der Waals surface area contributed by atoms with E-state index in [4.69, 9.17) is 4.74 Å². The molecule has 3 rings (SSSR count). The highest BCUT2D eigenvalue weighted by atomic mass is 16.5. The molecule has 0 radical (unpaired) electrons. The van der Waals surface area contributed by atoms with Gasteiger partial charge in [0.25, 0.3) is 0 Å². The molecule has 5 nitrogen and oxygen atoms in total. The molecule has 0 aromatic heterocycles. The first kappa shape index (κ1) is 14.8. The standard InChI is InChI=1S/C18H15NO4/c1-11-17(18(21)22)16-9-14(20)7-6-12(16)10-19(11)13-4-3-5-15(8-13)23-2/h3-10H,1-2H3,(H,21,22). The Morgan fingerprint density at radius 2 is 1.96 bits per heavy atom. The minimum atomic E-state index is -1.06. The third-order valence-electron chi connectivity index (χ3n) is 3.83. The molecule has 0 atom stereocenters. The van der Waals surface area contributed by atoms with E-state index in [9.17, 15) is 14.7 Å². The van der Waals surface area contributed by atoms with E-state index >= 15 is 0 Å². The number of carbonyl (C=O) groups is 1. The van der Waals surface area contributed by atoms with Crippen molar-refractivity contribution in [2.75, 3.05) is 7.11 Å². The molecule has 0 saturated heterocycles. The largest absolute Gasteiger partial charge is 0.497 e. The highest BCUT2D eigenvalue weighted by molar-refractivity contribution is 5.97. The summed E-state index contributed by atoms with van der Waals surface area (Å²) in [5.41, 5.74) is 2.39. The molecule has 1 heterocycles. The van der Waals surface area contributed by atoms with Gasteiger partial charge in [0.05, 0.1) is 12.7 Å². The van der Waals surface area contributed by atoms with Crippen LogP contribution in [0.3, 0.4) is 0 Å². The first-order valence-electron chi connectivity index (χ1n) is 7.05. The van der Waals surface area contributed by atoms with E-state index < -0.39 is 5.97 Å². The number of rotatable bonds is 3. The Labute approximate surface area is 132 Å². The molecule has 5 heteroatoms. The van der Waals surface area contributed by atoms with Gasteiger partial charge in [-0.1, -0.05) is 6.07 Å². The predicted molar refractivity (Wildman–Crippen MR) is 86.9 cm³/mol. The number of aromatic nitrogens is 1. The van der Waals surface area contributed by atoms with Crippen molar-refractivity contribution in [2.24, 2.45) is 0 Å². The van der Waals surface area contributed by atoms with Gasteiger partial charge < -0.3 is 14.4 Å². The summed E-state index contributed by atoms with van der Waals surface area (Å²) >= 11 is 0. The van der Waals surface area contributed by atoms with Crippen LogP contribution in [0, 0.1) is 6.92 Å². The van der Waals surface area contributed by atoms with Gasteiger partial charge in [-0.05, 0) is 42.8 Å². The molecule has 1 aliphatic carbocycles. The van der Waals surface area contributed by atoms with Gasteiger partial charge in [-0.3, -0.25) is 4.79 Å². The highest BCUT2D eigenvalue weighted by Crippen LogP contribution is 2.30. The molecule has 0 amide bonds. The van der Waals surface area contributed by atoms with E-state index in [-0.39, 0.29) is 11.0 Å². The number of fused-ring (bicyclic) bond motifs is 1. The summed E-state index contributed by atoms with van der Waals surface area (Å²) in [6.45, 7) is 1.72. The molecule has 1 N–H and O–H groups in total. The van der Waals surface area contributed by atoms with E-state index in [0.29, 0.717) is 22.6 Å². The van der Waals surface area contributed by atoms with Crippen molar-refractivity contribution in [2.45, 2.75) is 6.92 Å². The van der Waals surface area contributed by atoms with Crippen LogP contribution in [0.15, 0.2) is 53.5 Å². The number of hydrogen-bond acceptors (Lipinski definition) is 3. The Bertz CT molecular complexity index is 927. The van der Waals surface area contributed by atoms with Gasteiger partial charge in [-0.15, -0.1) is 0 Å². The normalized spacial score (nSPS) is 10.7.